The number of nitrogens with zero attached hydrogens (tertiary/aromatic N) is 1. The van der Waals surface area contributed by atoms with E-state index in [0.717, 1.165) is 4.70 Å². The van der Waals surface area contributed by atoms with Gasteiger partial charge in [-0.3, -0.25) is 10.1 Å². The highest BCUT2D eigenvalue weighted by atomic mass is 32.1. The van der Waals surface area contributed by atoms with Gasteiger partial charge in [-0.1, -0.05) is 11.3 Å². The van der Waals surface area contributed by atoms with Crippen LogP contribution in [0.3, 0.4) is 0 Å². The van der Waals surface area contributed by atoms with Crippen LogP contribution >= 0.6 is 11.3 Å². The second-order valence-corrected chi connectivity index (χ2v) is 7.24. The summed E-state index contributed by atoms with van der Waals surface area (Å²) in [6, 6.07) is 10.0. The van der Waals surface area contributed by atoms with Crippen LogP contribution in [0.15, 0.2) is 36.4 Å². The Morgan fingerprint density at radius 1 is 1.00 bits per heavy atom. The highest BCUT2D eigenvalue weighted by Crippen LogP contribution is 2.28. The van der Waals surface area contributed by atoms with Crippen LogP contribution < -0.4 is 14.8 Å². The number of carbonyl (C=O) groups is 2. The van der Waals surface area contributed by atoms with Crippen LogP contribution in [0.1, 0.15) is 34.6 Å². The first kappa shape index (κ1) is 19.6. The van der Waals surface area contributed by atoms with Crippen molar-refractivity contribution in [1.29, 1.82) is 0 Å². The molecule has 0 unspecified atom stereocenters. The van der Waals surface area contributed by atoms with Gasteiger partial charge in [-0.2, -0.15) is 0 Å². The summed E-state index contributed by atoms with van der Waals surface area (Å²) in [4.78, 5) is 29.0. The SMILES string of the molecule is COc1cc(OC)cc(C(=O)Nc2nc3ccc(C(=O)OC(C)C)cc3s2)c1. The largest absolute Gasteiger partial charge is 0.497 e. The number of carbonyl (C=O) groups excluding carboxylic acids is 2. The Hall–Kier alpha value is -3.13. The van der Waals surface area contributed by atoms with E-state index in [1.165, 1.54) is 25.6 Å². The van der Waals surface area contributed by atoms with Crippen LogP contribution in [-0.4, -0.2) is 37.2 Å². The summed E-state index contributed by atoms with van der Waals surface area (Å²) in [6.07, 6.45) is -0.195. The van der Waals surface area contributed by atoms with E-state index in [0.29, 0.717) is 33.3 Å². The van der Waals surface area contributed by atoms with E-state index >= 15 is 0 Å². The monoisotopic (exact) mass is 400 g/mol. The van der Waals surface area contributed by atoms with Crippen molar-refractivity contribution in [2.75, 3.05) is 19.5 Å². The van der Waals surface area contributed by atoms with Gasteiger partial charge in [0.05, 0.1) is 36.1 Å². The molecule has 0 saturated heterocycles. The second kappa shape index (κ2) is 8.26. The molecule has 0 saturated carbocycles. The number of hydrogen-bond acceptors (Lipinski definition) is 7. The number of ether oxygens (including phenoxy) is 3. The number of aromatic nitrogens is 1. The number of methoxy groups -OCH3 is 2. The van der Waals surface area contributed by atoms with Gasteiger partial charge in [-0.05, 0) is 44.2 Å². The average molecular weight is 400 g/mol. The minimum atomic E-state index is -0.389. The summed E-state index contributed by atoms with van der Waals surface area (Å²) >= 11 is 1.28. The smallest absolute Gasteiger partial charge is 0.338 e. The molecule has 0 radical (unpaired) electrons. The van der Waals surface area contributed by atoms with Crippen LogP contribution in [0.4, 0.5) is 5.13 Å². The third-order valence-corrected chi connectivity index (χ3v) is 4.73. The number of thiazole rings is 1. The molecule has 1 N–H and O–H groups in total. The van der Waals surface area contributed by atoms with Crippen LogP contribution in [0.25, 0.3) is 10.2 Å². The highest BCUT2D eigenvalue weighted by Gasteiger charge is 2.15. The number of benzene rings is 2. The molecule has 2 aromatic carbocycles. The molecule has 3 aromatic rings. The molecular formula is C20H20N2O5S. The normalized spacial score (nSPS) is 10.8. The quantitative estimate of drug-likeness (QED) is 0.626. The van der Waals surface area contributed by atoms with Gasteiger partial charge in [0, 0.05) is 11.6 Å². The van der Waals surface area contributed by atoms with Crippen molar-refractivity contribution in [2.45, 2.75) is 20.0 Å². The minimum Gasteiger partial charge on any atom is -0.497 e. The van der Waals surface area contributed by atoms with Gasteiger partial charge in [0.2, 0.25) is 0 Å². The molecule has 0 fully saturated rings. The summed E-state index contributed by atoms with van der Waals surface area (Å²) in [7, 11) is 3.04. The van der Waals surface area contributed by atoms with Crippen molar-refractivity contribution in [2.24, 2.45) is 0 Å². The summed E-state index contributed by atoms with van der Waals surface area (Å²) in [6.45, 7) is 3.59. The Morgan fingerprint density at radius 3 is 2.29 bits per heavy atom. The van der Waals surface area contributed by atoms with Crippen molar-refractivity contribution in [3.05, 3.63) is 47.5 Å². The zero-order valence-corrected chi connectivity index (χ0v) is 16.8. The zero-order chi connectivity index (χ0) is 20.3. The third-order valence-electron chi connectivity index (χ3n) is 3.80. The second-order valence-electron chi connectivity index (χ2n) is 6.21. The molecule has 0 aliphatic rings. The van der Waals surface area contributed by atoms with Crippen LogP contribution in [0.2, 0.25) is 0 Å². The van der Waals surface area contributed by atoms with Gasteiger partial charge in [-0.25, -0.2) is 9.78 Å². The Morgan fingerprint density at radius 2 is 1.68 bits per heavy atom. The van der Waals surface area contributed by atoms with E-state index in [1.54, 1.807) is 50.2 Å². The zero-order valence-electron chi connectivity index (χ0n) is 15.9. The molecule has 1 amide bonds. The van der Waals surface area contributed by atoms with Gasteiger partial charge in [0.1, 0.15) is 11.5 Å². The van der Waals surface area contributed by atoms with Gasteiger partial charge in [0.15, 0.2) is 5.13 Å². The topological polar surface area (TPSA) is 86.8 Å². The van der Waals surface area contributed by atoms with Crippen molar-refractivity contribution >= 4 is 38.6 Å². The van der Waals surface area contributed by atoms with E-state index < -0.39 is 0 Å². The fourth-order valence-electron chi connectivity index (χ4n) is 2.49. The molecule has 3 rings (SSSR count). The molecule has 1 aromatic heterocycles. The lowest BCUT2D eigenvalue weighted by atomic mass is 10.2. The van der Waals surface area contributed by atoms with E-state index in [2.05, 4.69) is 10.3 Å². The van der Waals surface area contributed by atoms with E-state index in [4.69, 9.17) is 14.2 Å². The molecule has 0 aliphatic heterocycles. The summed E-state index contributed by atoms with van der Waals surface area (Å²) in [5.41, 5.74) is 1.52. The number of esters is 1. The summed E-state index contributed by atoms with van der Waals surface area (Å²) < 4.78 is 16.4. The lowest BCUT2D eigenvalue weighted by Crippen LogP contribution is -2.12. The highest BCUT2D eigenvalue weighted by molar-refractivity contribution is 7.22. The first-order valence-electron chi connectivity index (χ1n) is 8.55. The number of hydrogen-bond donors (Lipinski definition) is 1. The first-order chi connectivity index (χ1) is 13.4. The number of nitrogens with one attached hydrogen (secondary N) is 1. The molecule has 28 heavy (non-hydrogen) atoms. The van der Waals surface area contributed by atoms with E-state index in [9.17, 15) is 9.59 Å². The Labute approximate surface area is 166 Å². The third kappa shape index (κ3) is 4.40. The standard InChI is InChI=1S/C20H20N2O5S/c1-11(2)27-19(24)12-5-6-16-17(9-12)28-20(21-16)22-18(23)13-7-14(25-3)10-15(8-13)26-4/h5-11H,1-4H3,(H,21,22,23). The average Bonchev–Trinajstić information content (AvgIpc) is 3.08. The number of fused-ring (bicyclic) bond motifs is 1. The van der Waals surface area contributed by atoms with Crippen LogP contribution in [-0.2, 0) is 4.74 Å². The number of amides is 1. The molecular weight excluding hydrogens is 380 g/mol. The van der Waals surface area contributed by atoms with Crippen molar-refractivity contribution in [1.82, 2.24) is 4.98 Å². The van der Waals surface area contributed by atoms with Gasteiger partial charge in [0.25, 0.3) is 5.91 Å². The molecule has 7 nitrogen and oxygen atoms in total. The van der Waals surface area contributed by atoms with Gasteiger partial charge < -0.3 is 14.2 Å². The fourth-order valence-corrected chi connectivity index (χ4v) is 3.40. The van der Waals surface area contributed by atoms with Crippen molar-refractivity contribution in [3.8, 4) is 11.5 Å². The maximum absolute atomic E-state index is 12.6. The predicted octanol–water partition coefficient (Wildman–Crippen LogP) is 4.13. The minimum absolute atomic E-state index is 0.195. The molecule has 0 spiro atoms. The molecule has 8 heteroatoms. The maximum atomic E-state index is 12.6. The molecule has 1 heterocycles. The van der Waals surface area contributed by atoms with Crippen LogP contribution in [0.5, 0.6) is 11.5 Å². The maximum Gasteiger partial charge on any atom is 0.338 e. The van der Waals surface area contributed by atoms with Gasteiger partial charge in [-0.15, -0.1) is 0 Å². The summed E-state index contributed by atoms with van der Waals surface area (Å²) in [5, 5.41) is 3.20. The van der Waals surface area contributed by atoms with Crippen molar-refractivity contribution < 1.29 is 23.8 Å². The molecule has 0 aliphatic carbocycles. The van der Waals surface area contributed by atoms with E-state index in [-0.39, 0.29) is 18.0 Å². The summed E-state index contributed by atoms with van der Waals surface area (Å²) in [5.74, 6) is 0.305. The van der Waals surface area contributed by atoms with Crippen molar-refractivity contribution in [3.63, 3.8) is 0 Å². The Kier molecular flexibility index (Phi) is 5.79. The first-order valence-corrected chi connectivity index (χ1v) is 9.37. The number of anilines is 1. The molecule has 146 valence electrons. The van der Waals surface area contributed by atoms with E-state index in [1.807, 2.05) is 0 Å². The Balaban J connectivity index is 1.82. The lowest BCUT2D eigenvalue weighted by Gasteiger charge is -2.07. The molecule has 0 atom stereocenters. The molecule has 0 bridgehead atoms. The number of rotatable bonds is 6. The van der Waals surface area contributed by atoms with Crippen LogP contribution in [0, 0.1) is 0 Å². The van der Waals surface area contributed by atoms with Gasteiger partial charge >= 0.3 is 5.97 Å². The Bertz CT molecular complexity index is 1010. The predicted molar refractivity (Wildman–Crippen MR) is 108 cm³/mol. The lowest BCUT2D eigenvalue weighted by molar-refractivity contribution is 0.0378. The fraction of sp³-hybridized carbons (Fsp3) is 0.250.